The summed E-state index contributed by atoms with van der Waals surface area (Å²) in [7, 11) is 6.48. The lowest BCUT2D eigenvalue weighted by atomic mass is 10.1. The number of methoxy groups -OCH3 is 3. The SMILES string of the molecule is COc1cc(C(=O)NCC(=O)N2CCN(C)CC2)cc(OC)c1OC. The highest BCUT2D eigenvalue weighted by molar-refractivity contribution is 5.97. The molecular formula is C17H25N3O5. The molecule has 0 spiro atoms. The molecule has 1 N–H and O–H groups in total. The summed E-state index contributed by atoms with van der Waals surface area (Å²) in [5, 5.41) is 2.65. The molecule has 0 aliphatic carbocycles. The van der Waals surface area contributed by atoms with Crippen molar-refractivity contribution < 1.29 is 23.8 Å². The molecule has 0 saturated carbocycles. The molecule has 1 aliphatic heterocycles. The van der Waals surface area contributed by atoms with E-state index in [9.17, 15) is 9.59 Å². The molecule has 0 atom stereocenters. The molecule has 0 radical (unpaired) electrons. The van der Waals surface area contributed by atoms with Crippen molar-refractivity contribution in [2.75, 3.05) is 61.1 Å². The third kappa shape index (κ3) is 4.54. The minimum absolute atomic E-state index is 0.0425. The van der Waals surface area contributed by atoms with Gasteiger partial charge in [0.2, 0.25) is 11.7 Å². The Labute approximate surface area is 147 Å². The fraction of sp³-hybridized carbons (Fsp3) is 0.529. The van der Waals surface area contributed by atoms with E-state index in [-0.39, 0.29) is 18.4 Å². The van der Waals surface area contributed by atoms with Crippen LogP contribution in [0.5, 0.6) is 17.2 Å². The number of likely N-dealkylation sites (N-methyl/N-ethyl adjacent to an activating group) is 1. The average molecular weight is 351 g/mol. The number of nitrogens with zero attached hydrogens (tertiary/aromatic N) is 2. The molecule has 25 heavy (non-hydrogen) atoms. The summed E-state index contributed by atoms with van der Waals surface area (Å²) in [6.07, 6.45) is 0. The predicted octanol–water partition coefficient (Wildman–Crippen LogP) is 0.216. The number of carbonyl (C=O) groups is 2. The van der Waals surface area contributed by atoms with Crippen molar-refractivity contribution in [1.29, 1.82) is 0 Å². The maximum absolute atomic E-state index is 12.4. The minimum Gasteiger partial charge on any atom is -0.493 e. The summed E-state index contributed by atoms with van der Waals surface area (Å²) >= 11 is 0. The van der Waals surface area contributed by atoms with Gasteiger partial charge in [0.15, 0.2) is 11.5 Å². The van der Waals surface area contributed by atoms with Gasteiger partial charge in [0.05, 0.1) is 27.9 Å². The van der Waals surface area contributed by atoms with E-state index in [2.05, 4.69) is 10.2 Å². The third-order valence-corrected chi connectivity index (χ3v) is 4.18. The Hall–Kier alpha value is -2.48. The van der Waals surface area contributed by atoms with E-state index in [1.54, 1.807) is 17.0 Å². The van der Waals surface area contributed by atoms with E-state index < -0.39 is 0 Å². The quantitative estimate of drug-likeness (QED) is 0.790. The second-order valence-electron chi connectivity index (χ2n) is 5.78. The molecule has 8 nitrogen and oxygen atoms in total. The topological polar surface area (TPSA) is 80.3 Å². The van der Waals surface area contributed by atoms with Crippen molar-refractivity contribution in [3.63, 3.8) is 0 Å². The number of hydrogen-bond acceptors (Lipinski definition) is 6. The summed E-state index contributed by atoms with van der Waals surface area (Å²) < 4.78 is 15.7. The van der Waals surface area contributed by atoms with E-state index in [0.717, 1.165) is 13.1 Å². The molecule has 1 heterocycles. The molecule has 0 unspecified atom stereocenters. The molecule has 2 rings (SSSR count). The summed E-state index contributed by atoms with van der Waals surface area (Å²) in [6.45, 7) is 2.99. The van der Waals surface area contributed by atoms with Gasteiger partial charge in [0.1, 0.15) is 0 Å². The zero-order valence-corrected chi connectivity index (χ0v) is 15.1. The van der Waals surface area contributed by atoms with Gasteiger partial charge in [-0.15, -0.1) is 0 Å². The van der Waals surface area contributed by atoms with Crippen LogP contribution in [-0.4, -0.2) is 82.7 Å². The largest absolute Gasteiger partial charge is 0.493 e. The van der Waals surface area contributed by atoms with Crippen LogP contribution in [0.4, 0.5) is 0 Å². The molecule has 1 aliphatic rings. The first-order valence-electron chi connectivity index (χ1n) is 8.04. The number of hydrogen-bond donors (Lipinski definition) is 1. The van der Waals surface area contributed by atoms with Crippen molar-refractivity contribution in [3.8, 4) is 17.2 Å². The molecule has 2 amide bonds. The van der Waals surface area contributed by atoms with Gasteiger partial charge in [0.25, 0.3) is 5.91 Å². The second-order valence-corrected chi connectivity index (χ2v) is 5.78. The molecule has 0 bridgehead atoms. The highest BCUT2D eigenvalue weighted by Crippen LogP contribution is 2.38. The third-order valence-electron chi connectivity index (χ3n) is 4.18. The Bertz CT molecular complexity index is 602. The van der Waals surface area contributed by atoms with Crippen molar-refractivity contribution >= 4 is 11.8 Å². The van der Waals surface area contributed by atoms with Crippen LogP contribution in [0.15, 0.2) is 12.1 Å². The van der Waals surface area contributed by atoms with E-state index in [1.165, 1.54) is 21.3 Å². The van der Waals surface area contributed by atoms with E-state index in [4.69, 9.17) is 14.2 Å². The van der Waals surface area contributed by atoms with Gasteiger partial charge in [0, 0.05) is 31.7 Å². The number of amides is 2. The zero-order valence-electron chi connectivity index (χ0n) is 15.1. The Morgan fingerprint density at radius 1 is 1.00 bits per heavy atom. The molecule has 138 valence electrons. The Morgan fingerprint density at radius 3 is 2.04 bits per heavy atom. The van der Waals surface area contributed by atoms with Gasteiger partial charge < -0.3 is 29.3 Å². The Kier molecular flexibility index (Phi) is 6.46. The zero-order chi connectivity index (χ0) is 18.4. The predicted molar refractivity (Wildman–Crippen MR) is 92.5 cm³/mol. The lowest BCUT2D eigenvalue weighted by Crippen LogP contribution is -2.50. The molecule has 1 fully saturated rings. The highest BCUT2D eigenvalue weighted by atomic mass is 16.5. The van der Waals surface area contributed by atoms with Gasteiger partial charge in [-0.1, -0.05) is 0 Å². The number of rotatable bonds is 6. The van der Waals surface area contributed by atoms with Crippen LogP contribution < -0.4 is 19.5 Å². The Balaban J connectivity index is 2.02. The van der Waals surface area contributed by atoms with Gasteiger partial charge >= 0.3 is 0 Å². The average Bonchev–Trinajstić information content (AvgIpc) is 2.64. The van der Waals surface area contributed by atoms with E-state index in [0.29, 0.717) is 35.9 Å². The fourth-order valence-corrected chi connectivity index (χ4v) is 2.64. The first-order chi connectivity index (χ1) is 12.0. The fourth-order valence-electron chi connectivity index (χ4n) is 2.64. The van der Waals surface area contributed by atoms with Gasteiger partial charge in [-0.25, -0.2) is 0 Å². The normalized spacial score (nSPS) is 14.8. The monoisotopic (exact) mass is 351 g/mol. The first-order valence-corrected chi connectivity index (χ1v) is 8.04. The van der Waals surface area contributed by atoms with Crippen molar-refractivity contribution in [1.82, 2.24) is 15.1 Å². The van der Waals surface area contributed by atoms with Gasteiger partial charge in [-0.2, -0.15) is 0 Å². The van der Waals surface area contributed by atoms with Crippen molar-refractivity contribution in [3.05, 3.63) is 17.7 Å². The molecular weight excluding hydrogens is 326 g/mol. The highest BCUT2D eigenvalue weighted by Gasteiger charge is 2.21. The lowest BCUT2D eigenvalue weighted by molar-refractivity contribution is -0.131. The number of carbonyl (C=O) groups excluding carboxylic acids is 2. The van der Waals surface area contributed by atoms with Crippen LogP contribution >= 0.6 is 0 Å². The first kappa shape index (κ1) is 18.9. The standard InChI is InChI=1S/C17H25N3O5/c1-19-5-7-20(8-6-19)15(21)11-18-17(22)12-9-13(23-2)16(25-4)14(10-12)24-3/h9-10H,5-8,11H2,1-4H3,(H,18,22). The molecule has 1 aromatic carbocycles. The van der Waals surface area contributed by atoms with Gasteiger partial charge in [-0.3, -0.25) is 9.59 Å². The maximum Gasteiger partial charge on any atom is 0.251 e. The van der Waals surface area contributed by atoms with Crippen LogP contribution in [0.1, 0.15) is 10.4 Å². The minimum atomic E-state index is -0.373. The number of piperazine rings is 1. The lowest BCUT2D eigenvalue weighted by Gasteiger charge is -2.32. The summed E-state index contributed by atoms with van der Waals surface area (Å²) in [4.78, 5) is 28.5. The summed E-state index contributed by atoms with van der Waals surface area (Å²) in [6, 6.07) is 3.11. The number of ether oxygens (including phenoxy) is 3. The smallest absolute Gasteiger partial charge is 0.251 e. The van der Waals surface area contributed by atoms with E-state index >= 15 is 0 Å². The number of benzene rings is 1. The van der Waals surface area contributed by atoms with Crippen molar-refractivity contribution in [2.45, 2.75) is 0 Å². The second kappa shape index (κ2) is 8.57. The molecule has 8 heteroatoms. The molecule has 1 aromatic rings. The maximum atomic E-state index is 12.4. The van der Waals surface area contributed by atoms with Crippen molar-refractivity contribution in [2.24, 2.45) is 0 Å². The van der Waals surface area contributed by atoms with Crippen LogP contribution in [-0.2, 0) is 4.79 Å². The summed E-state index contributed by atoms with van der Waals surface area (Å²) in [5.41, 5.74) is 0.334. The van der Waals surface area contributed by atoms with Crippen LogP contribution in [0, 0.1) is 0 Å². The van der Waals surface area contributed by atoms with Crippen LogP contribution in [0.3, 0.4) is 0 Å². The van der Waals surface area contributed by atoms with Gasteiger partial charge in [-0.05, 0) is 19.2 Å². The van der Waals surface area contributed by atoms with Crippen LogP contribution in [0.25, 0.3) is 0 Å². The Morgan fingerprint density at radius 2 is 1.56 bits per heavy atom. The molecule has 1 saturated heterocycles. The number of nitrogens with one attached hydrogen (secondary N) is 1. The van der Waals surface area contributed by atoms with Crippen LogP contribution in [0.2, 0.25) is 0 Å². The summed E-state index contributed by atoms with van der Waals surface area (Å²) in [5.74, 6) is 0.723. The molecule has 0 aromatic heterocycles. The van der Waals surface area contributed by atoms with E-state index in [1.807, 2.05) is 7.05 Å².